The van der Waals surface area contributed by atoms with E-state index >= 15 is 0 Å². The van der Waals surface area contributed by atoms with Gasteiger partial charge in [0.2, 0.25) is 0 Å². The quantitative estimate of drug-likeness (QED) is 0.721. The summed E-state index contributed by atoms with van der Waals surface area (Å²) in [5, 5.41) is 1.01. The van der Waals surface area contributed by atoms with Gasteiger partial charge in [-0.1, -0.05) is 18.2 Å². The molecule has 1 heterocycles. The van der Waals surface area contributed by atoms with E-state index in [1.807, 2.05) is 37.3 Å². The molecular weight excluding hydrogens is 202 g/mol. The zero-order chi connectivity index (χ0) is 11.5. The number of methoxy groups -OCH3 is 1. The van der Waals surface area contributed by atoms with Crippen LogP contribution in [0, 0.1) is 6.92 Å². The first kappa shape index (κ1) is 10.6. The zero-order valence-electron chi connectivity index (χ0n) is 9.36. The molecule has 0 fully saturated rings. The summed E-state index contributed by atoms with van der Waals surface area (Å²) in [6.45, 7) is 1.95. The van der Waals surface area contributed by atoms with Crippen LogP contribution in [0.15, 0.2) is 30.3 Å². The lowest BCUT2D eigenvalue weighted by Gasteiger charge is -2.05. The van der Waals surface area contributed by atoms with Gasteiger partial charge < -0.3 is 4.74 Å². The standard InChI is InChI=1S/C13H13NO2/c1-9-6-7-11-10(8-13(15)16-2)4-3-5-12(11)14-9/h3-7H,8H2,1-2H3. The summed E-state index contributed by atoms with van der Waals surface area (Å²) in [5.74, 6) is -0.229. The van der Waals surface area contributed by atoms with Crippen LogP contribution in [-0.2, 0) is 16.0 Å². The lowest BCUT2D eigenvalue weighted by Crippen LogP contribution is -2.05. The predicted molar refractivity (Wildman–Crippen MR) is 62.2 cm³/mol. The molecule has 3 heteroatoms. The number of carbonyl (C=O) groups is 1. The summed E-state index contributed by atoms with van der Waals surface area (Å²) in [7, 11) is 1.40. The second-order valence-electron chi connectivity index (χ2n) is 3.69. The molecule has 0 aliphatic rings. The van der Waals surface area contributed by atoms with Crippen molar-refractivity contribution in [1.29, 1.82) is 0 Å². The molecule has 1 aromatic heterocycles. The van der Waals surface area contributed by atoms with Gasteiger partial charge in [0.15, 0.2) is 0 Å². The number of benzene rings is 1. The van der Waals surface area contributed by atoms with Crippen molar-refractivity contribution in [2.24, 2.45) is 0 Å². The van der Waals surface area contributed by atoms with Crippen molar-refractivity contribution in [2.45, 2.75) is 13.3 Å². The highest BCUT2D eigenvalue weighted by Gasteiger charge is 2.07. The summed E-state index contributed by atoms with van der Waals surface area (Å²) in [6.07, 6.45) is 0.290. The minimum Gasteiger partial charge on any atom is -0.469 e. The largest absolute Gasteiger partial charge is 0.469 e. The molecule has 0 saturated heterocycles. The Balaban J connectivity index is 2.49. The van der Waals surface area contributed by atoms with E-state index in [0.717, 1.165) is 22.2 Å². The topological polar surface area (TPSA) is 39.2 Å². The number of aromatic nitrogens is 1. The van der Waals surface area contributed by atoms with E-state index in [9.17, 15) is 4.79 Å². The molecule has 16 heavy (non-hydrogen) atoms. The molecule has 0 atom stereocenters. The highest BCUT2D eigenvalue weighted by molar-refractivity contribution is 5.86. The summed E-state index contributed by atoms with van der Waals surface area (Å²) in [4.78, 5) is 15.7. The van der Waals surface area contributed by atoms with Gasteiger partial charge in [0, 0.05) is 11.1 Å². The first-order chi connectivity index (χ1) is 7.70. The van der Waals surface area contributed by atoms with Crippen LogP contribution in [0.5, 0.6) is 0 Å². The summed E-state index contributed by atoms with van der Waals surface area (Å²) >= 11 is 0. The highest BCUT2D eigenvalue weighted by atomic mass is 16.5. The van der Waals surface area contributed by atoms with Crippen molar-refractivity contribution >= 4 is 16.9 Å². The fourth-order valence-corrected chi connectivity index (χ4v) is 1.70. The molecule has 0 saturated carbocycles. The van der Waals surface area contributed by atoms with Crippen LogP contribution in [0.3, 0.4) is 0 Å². The summed E-state index contributed by atoms with van der Waals surface area (Å²) < 4.78 is 4.67. The monoisotopic (exact) mass is 215 g/mol. The highest BCUT2D eigenvalue weighted by Crippen LogP contribution is 2.18. The summed E-state index contributed by atoms with van der Waals surface area (Å²) in [6, 6.07) is 9.73. The number of carbonyl (C=O) groups excluding carboxylic acids is 1. The Morgan fingerprint density at radius 2 is 2.12 bits per heavy atom. The minimum absolute atomic E-state index is 0.229. The van der Waals surface area contributed by atoms with Gasteiger partial charge in [-0.2, -0.15) is 0 Å². The van der Waals surface area contributed by atoms with E-state index < -0.39 is 0 Å². The first-order valence-corrected chi connectivity index (χ1v) is 5.13. The Bertz CT molecular complexity index is 534. The van der Waals surface area contributed by atoms with Gasteiger partial charge in [0.05, 0.1) is 19.0 Å². The molecule has 0 unspecified atom stereocenters. The van der Waals surface area contributed by atoms with Gasteiger partial charge in [0.25, 0.3) is 0 Å². The van der Waals surface area contributed by atoms with Crippen molar-refractivity contribution in [3.05, 3.63) is 41.6 Å². The third-order valence-electron chi connectivity index (χ3n) is 2.52. The van der Waals surface area contributed by atoms with Crippen molar-refractivity contribution < 1.29 is 9.53 Å². The van der Waals surface area contributed by atoms with Gasteiger partial charge in [-0.15, -0.1) is 0 Å². The van der Waals surface area contributed by atoms with Gasteiger partial charge in [0.1, 0.15) is 0 Å². The minimum atomic E-state index is -0.229. The molecule has 0 aliphatic heterocycles. The molecule has 0 N–H and O–H groups in total. The molecule has 3 nitrogen and oxygen atoms in total. The van der Waals surface area contributed by atoms with Gasteiger partial charge >= 0.3 is 5.97 Å². The number of aryl methyl sites for hydroxylation is 1. The number of fused-ring (bicyclic) bond motifs is 1. The second kappa shape index (κ2) is 4.31. The van der Waals surface area contributed by atoms with Crippen molar-refractivity contribution in [2.75, 3.05) is 7.11 Å². The number of esters is 1. The van der Waals surface area contributed by atoms with Crippen LogP contribution in [-0.4, -0.2) is 18.1 Å². The van der Waals surface area contributed by atoms with Crippen LogP contribution in [0.1, 0.15) is 11.3 Å². The Hall–Kier alpha value is -1.90. The molecule has 0 amide bonds. The van der Waals surface area contributed by atoms with Crippen LogP contribution >= 0.6 is 0 Å². The Labute approximate surface area is 94.1 Å². The van der Waals surface area contributed by atoms with Crippen molar-refractivity contribution in [3.8, 4) is 0 Å². The van der Waals surface area contributed by atoms with E-state index in [-0.39, 0.29) is 5.97 Å². The van der Waals surface area contributed by atoms with E-state index in [2.05, 4.69) is 9.72 Å². The average Bonchev–Trinajstić information content (AvgIpc) is 2.28. The maximum atomic E-state index is 11.2. The molecule has 2 aromatic rings. The fourth-order valence-electron chi connectivity index (χ4n) is 1.70. The van der Waals surface area contributed by atoms with Crippen LogP contribution in [0.4, 0.5) is 0 Å². The van der Waals surface area contributed by atoms with Crippen molar-refractivity contribution in [1.82, 2.24) is 4.98 Å². The fraction of sp³-hybridized carbons (Fsp3) is 0.231. The van der Waals surface area contributed by atoms with E-state index in [4.69, 9.17) is 0 Å². The lowest BCUT2D eigenvalue weighted by atomic mass is 10.1. The smallest absolute Gasteiger partial charge is 0.310 e. The van der Waals surface area contributed by atoms with Crippen LogP contribution in [0.25, 0.3) is 10.9 Å². The average molecular weight is 215 g/mol. The van der Waals surface area contributed by atoms with Gasteiger partial charge in [-0.25, -0.2) is 0 Å². The third-order valence-corrected chi connectivity index (χ3v) is 2.52. The molecule has 0 bridgehead atoms. The lowest BCUT2D eigenvalue weighted by molar-refractivity contribution is -0.139. The molecule has 0 radical (unpaired) electrons. The molecular formula is C13H13NO2. The van der Waals surface area contributed by atoms with E-state index in [1.165, 1.54) is 7.11 Å². The van der Waals surface area contributed by atoms with E-state index in [1.54, 1.807) is 0 Å². The van der Waals surface area contributed by atoms with Crippen molar-refractivity contribution in [3.63, 3.8) is 0 Å². The predicted octanol–water partition coefficient (Wildman–Crippen LogP) is 2.26. The van der Waals surface area contributed by atoms with Gasteiger partial charge in [-0.05, 0) is 24.6 Å². The second-order valence-corrected chi connectivity index (χ2v) is 3.69. The number of nitrogens with zero attached hydrogens (tertiary/aromatic N) is 1. The number of hydrogen-bond donors (Lipinski definition) is 0. The number of hydrogen-bond acceptors (Lipinski definition) is 3. The van der Waals surface area contributed by atoms with E-state index in [0.29, 0.717) is 6.42 Å². The SMILES string of the molecule is COC(=O)Cc1cccc2nc(C)ccc12. The molecule has 0 spiro atoms. The molecule has 1 aromatic carbocycles. The van der Waals surface area contributed by atoms with Crippen LogP contribution < -0.4 is 0 Å². The maximum absolute atomic E-state index is 11.2. The molecule has 82 valence electrons. The van der Waals surface area contributed by atoms with Gasteiger partial charge in [-0.3, -0.25) is 9.78 Å². The number of ether oxygens (including phenoxy) is 1. The molecule has 2 rings (SSSR count). The summed E-state index contributed by atoms with van der Waals surface area (Å²) in [5.41, 5.74) is 2.85. The maximum Gasteiger partial charge on any atom is 0.310 e. The zero-order valence-corrected chi connectivity index (χ0v) is 9.36. The first-order valence-electron chi connectivity index (χ1n) is 5.13. The third kappa shape index (κ3) is 2.03. The normalized spacial score (nSPS) is 10.4. The van der Waals surface area contributed by atoms with Crippen LogP contribution in [0.2, 0.25) is 0 Å². The number of rotatable bonds is 2. The Kier molecular flexibility index (Phi) is 2.86. The Morgan fingerprint density at radius 1 is 1.31 bits per heavy atom. The Morgan fingerprint density at radius 3 is 2.88 bits per heavy atom. The molecule has 0 aliphatic carbocycles. The number of pyridine rings is 1.